The van der Waals surface area contributed by atoms with Crippen LogP contribution in [0.3, 0.4) is 0 Å². The van der Waals surface area contributed by atoms with Gasteiger partial charge in [-0.1, -0.05) is 0 Å². The summed E-state index contributed by atoms with van der Waals surface area (Å²) in [6, 6.07) is 2.75. The summed E-state index contributed by atoms with van der Waals surface area (Å²) in [7, 11) is 0. The van der Waals surface area contributed by atoms with Crippen LogP contribution in [0.4, 0.5) is 27.6 Å². The summed E-state index contributed by atoms with van der Waals surface area (Å²) >= 11 is 0. The fourth-order valence-electron chi connectivity index (χ4n) is 5.28. The summed E-state index contributed by atoms with van der Waals surface area (Å²) in [6.45, 7) is 1.81. The van der Waals surface area contributed by atoms with Gasteiger partial charge in [-0.2, -0.15) is 15.4 Å². The van der Waals surface area contributed by atoms with Crippen molar-refractivity contribution in [1.29, 1.82) is 0 Å². The molecular weight excluding hydrogens is 515 g/mol. The number of anilines is 1. The number of aromatic nitrogens is 4. The third kappa shape index (κ3) is 4.23. The molecule has 14 heteroatoms. The standard InChI is InChI=1S/C24H21F5N6O3/c1-11-17(19(36)22(38)32-23(9-24(28,29)10-23)16-8-30-34-33-16)15-3-2-6-35(15)18(11)21(37)31-12-4-5-14(25)13(7-12)20(26)27/h4-5,7-8,20H,2-3,6,9-10H2,1H3,(H,31,37)(H,32,38)(H,30,33,34). The van der Waals surface area contributed by atoms with Crippen molar-refractivity contribution in [3.63, 3.8) is 0 Å². The molecule has 1 fully saturated rings. The van der Waals surface area contributed by atoms with Crippen molar-refractivity contribution in [2.75, 3.05) is 5.32 Å². The van der Waals surface area contributed by atoms with Gasteiger partial charge < -0.3 is 15.2 Å². The molecule has 2 aromatic heterocycles. The molecule has 200 valence electrons. The second-order valence-electron chi connectivity index (χ2n) is 9.47. The fraction of sp³-hybridized carbons (Fsp3) is 0.375. The Morgan fingerprint density at radius 1 is 1.18 bits per heavy atom. The monoisotopic (exact) mass is 536 g/mol. The summed E-state index contributed by atoms with van der Waals surface area (Å²) < 4.78 is 69.0. The number of alkyl halides is 4. The molecule has 0 bridgehead atoms. The van der Waals surface area contributed by atoms with E-state index in [1.807, 2.05) is 0 Å². The maximum absolute atomic E-state index is 13.8. The van der Waals surface area contributed by atoms with Gasteiger partial charge in [0.1, 0.15) is 17.2 Å². The van der Waals surface area contributed by atoms with Crippen molar-refractivity contribution in [3.05, 3.63) is 64.0 Å². The normalized spacial score (nSPS) is 17.1. The Morgan fingerprint density at radius 3 is 2.55 bits per heavy atom. The molecule has 2 aliphatic rings. The molecule has 1 aliphatic carbocycles. The first-order chi connectivity index (χ1) is 17.9. The number of ketones is 1. The second-order valence-corrected chi connectivity index (χ2v) is 9.47. The lowest BCUT2D eigenvalue weighted by Gasteiger charge is -2.46. The summed E-state index contributed by atoms with van der Waals surface area (Å²) in [5.41, 5.74) is -1.87. The predicted molar refractivity (Wildman–Crippen MR) is 122 cm³/mol. The number of carbonyl (C=O) groups excluding carboxylic acids is 3. The number of amides is 2. The van der Waals surface area contributed by atoms with Crippen LogP contribution >= 0.6 is 0 Å². The van der Waals surface area contributed by atoms with Gasteiger partial charge in [0.05, 0.1) is 22.9 Å². The highest BCUT2D eigenvalue weighted by Crippen LogP contribution is 2.51. The number of hydrogen-bond acceptors (Lipinski definition) is 5. The Balaban J connectivity index is 1.43. The smallest absolute Gasteiger partial charge is 0.293 e. The average molecular weight is 536 g/mol. The van der Waals surface area contributed by atoms with Gasteiger partial charge >= 0.3 is 0 Å². The van der Waals surface area contributed by atoms with Crippen LogP contribution in [0.2, 0.25) is 0 Å². The van der Waals surface area contributed by atoms with Gasteiger partial charge in [-0.15, -0.1) is 0 Å². The zero-order chi connectivity index (χ0) is 27.4. The zero-order valence-electron chi connectivity index (χ0n) is 19.9. The summed E-state index contributed by atoms with van der Waals surface area (Å²) in [5, 5.41) is 14.5. The van der Waals surface area contributed by atoms with Gasteiger partial charge in [-0.25, -0.2) is 22.0 Å². The number of nitrogens with one attached hydrogen (secondary N) is 3. The van der Waals surface area contributed by atoms with Crippen LogP contribution in [-0.4, -0.2) is 43.5 Å². The van der Waals surface area contributed by atoms with E-state index in [0.29, 0.717) is 25.1 Å². The minimum Gasteiger partial charge on any atom is -0.340 e. The van der Waals surface area contributed by atoms with E-state index in [4.69, 9.17) is 0 Å². The summed E-state index contributed by atoms with van der Waals surface area (Å²) in [6.07, 6.45) is -2.47. The molecule has 38 heavy (non-hydrogen) atoms. The molecular formula is C24H21F5N6O3. The third-order valence-electron chi connectivity index (χ3n) is 6.93. The molecule has 0 radical (unpaired) electrons. The van der Waals surface area contributed by atoms with Crippen molar-refractivity contribution in [1.82, 2.24) is 25.3 Å². The van der Waals surface area contributed by atoms with E-state index in [2.05, 4.69) is 26.0 Å². The van der Waals surface area contributed by atoms with Gasteiger partial charge in [0.25, 0.3) is 29.9 Å². The van der Waals surface area contributed by atoms with Crippen molar-refractivity contribution in [2.24, 2.45) is 0 Å². The maximum atomic E-state index is 13.8. The fourth-order valence-corrected chi connectivity index (χ4v) is 5.28. The number of fused-ring (bicyclic) bond motifs is 1. The number of nitrogens with zero attached hydrogens (tertiary/aromatic N) is 3. The average Bonchev–Trinajstić information content (AvgIpc) is 3.56. The van der Waals surface area contributed by atoms with Crippen LogP contribution < -0.4 is 10.6 Å². The molecule has 0 saturated heterocycles. The first-order valence-electron chi connectivity index (χ1n) is 11.6. The number of benzene rings is 1. The van der Waals surface area contributed by atoms with E-state index in [1.165, 1.54) is 13.1 Å². The van der Waals surface area contributed by atoms with Crippen LogP contribution in [0.25, 0.3) is 0 Å². The minimum absolute atomic E-state index is 0.0288. The second kappa shape index (κ2) is 9.03. The van der Waals surface area contributed by atoms with Gasteiger partial charge in [-0.3, -0.25) is 14.4 Å². The number of carbonyl (C=O) groups is 3. The highest BCUT2D eigenvalue weighted by Gasteiger charge is 2.60. The molecule has 5 rings (SSSR count). The van der Waals surface area contributed by atoms with Gasteiger partial charge in [-0.05, 0) is 43.5 Å². The van der Waals surface area contributed by atoms with Crippen LogP contribution in [0.15, 0.2) is 24.4 Å². The summed E-state index contributed by atoms with van der Waals surface area (Å²) in [4.78, 5) is 39.5. The number of halogens is 5. The van der Waals surface area contributed by atoms with E-state index >= 15 is 0 Å². The lowest BCUT2D eigenvalue weighted by molar-refractivity contribution is -0.148. The van der Waals surface area contributed by atoms with Crippen LogP contribution in [0.1, 0.15) is 69.0 Å². The maximum Gasteiger partial charge on any atom is 0.293 e. The van der Waals surface area contributed by atoms with Gasteiger partial charge in [0.2, 0.25) is 0 Å². The summed E-state index contributed by atoms with van der Waals surface area (Å²) in [5.74, 6) is -7.07. The number of hydrogen-bond donors (Lipinski definition) is 3. The highest BCUT2D eigenvalue weighted by atomic mass is 19.3. The largest absolute Gasteiger partial charge is 0.340 e. The minimum atomic E-state index is -3.09. The Bertz CT molecular complexity index is 1440. The van der Waals surface area contributed by atoms with Crippen molar-refractivity contribution < 1.29 is 36.3 Å². The lowest BCUT2D eigenvalue weighted by Crippen LogP contribution is -2.61. The van der Waals surface area contributed by atoms with Crippen molar-refractivity contribution >= 4 is 23.3 Å². The quantitative estimate of drug-likeness (QED) is 0.241. The molecule has 0 unspecified atom stereocenters. The van der Waals surface area contributed by atoms with Crippen LogP contribution in [-0.2, 0) is 23.3 Å². The first-order valence-corrected chi connectivity index (χ1v) is 11.6. The number of rotatable bonds is 7. The molecule has 3 heterocycles. The number of H-pyrrole nitrogens is 1. The number of Topliss-reactive ketones (excluding diaryl/α,β-unsaturated/α-hetero) is 1. The molecule has 1 aromatic carbocycles. The molecule has 1 aliphatic heterocycles. The van der Waals surface area contributed by atoms with E-state index in [1.54, 1.807) is 4.57 Å². The molecule has 0 atom stereocenters. The Morgan fingerprint density at radius 2 is 1.92 bits per heavy atom. The first kappa shape index (κ1) is 25.5. The van der Waals surface area contributed by atoms with Gasteiger partial charge in [0.15, 0.2) is 0 Å². The number of aromatic amines is 1. The lowest BCUT2D eigenvalue weighted by atomic mass is 9.71. The molecule has 3 aromatic rings. The van der Waals surface area contributed by atoms with Crippen molar-refractivity contribution in [2.45, 2.75) is 57.0 Å². The van der Waals surface area contributed by atoms with Crippen LogP contribution in [0, 0.1) is 12.7 Å². The molecule has 3 N–H and O–H groups in total. The van der Waals surface area contributed by atoms with E-state index in [-0.39, 0.29) is 28.2 Å². The van der Waals surface area contributed by atoms with E-state index < -0.39 is 59.7 Å². The molecule has 9 nitrogen and oxygen atoms in total. The van der Waals surface area contributed by atoms with Crippen molar-refractivity contribution in [3.8, 4) is 0 Å². The third-order valence-corrected chi connectivity index (χ3v) is 6.93. The Hall–Kier alpha value is -4.10. The Kier molecular flexibility index (Phi) is 6.07. The highest BCUT2D eigenvalue weighted by molar-refractivity contribution is 6.44. The van der Waals surface area contributed by atoms with Gasteiger partial charge in [0, 0.05) is 30.8 Å². The Labute approximate surface area is 211 Å². The zero-order valence-corrected chi connectivity index (χ0v) is 19.9. The predicted octanol–water partition coefficient (Wildman–Crippen LogP) is 3.81. The molecule has 1 saturated carbocycles. The SMILES string of the molecule is Cc1c(C(=O)C(=O)NC2(c3cn[nH]n3)CC(F)(F)C2)c2n(c1C(=O)Nc1ccc(F)c(C(F)F)c1)CCC2. The topological polar surface area (TPSA) is 122 Å². The molecule has 2 amide bonds. The van der Waals surface area contributed by atoms with E-state index in [9.17, 15) is 36.3 Å². The van der Waals surface area contributed by atoms with Crippen LogP contribution in [0.5, 0.6) is 0 Å². The van der Waals surface area contributed by atoms with E-state index in [0.717, 1.165) is 18.2 Å². The molecule has 0 spiro atoms.